The summed E-state index contributed by atoms with van der Waals surface area (Å²) in [5.41, 5.74) is 1.40. The van der Waals surface area contributed by atoms with Gasteiger partial charge < -0.3 is 24.6 Å². The zero-order chi connectivity index (χ0) is 21.8. The molecule has 0 aliphatic carbocycles. The summed E-state index contributed by atoms with van der Waals surface area (Å²) in [6.07, 6.45) is 2.12. The molecule has 0 aliphatic heterocycles. The number of carboxylic acid groups (broad SMARTS) is 1. The van der Waals surface area contributed by atoms with Crippen LogP contribution in [0.5, 0.6) is 17.2 Å². The van der Waals surface area contributed by atoms with Crippen molar-refractivity contribution in [3.05, 3.63) is 48.0 Å². The van der Waals surface area contributed by atoms with E-state index in [1.165, 1.54) is 0 Å². The Balaban J connectivity index is 1.87. The SMILES string of the molecule is CCCOc1ccc(CCC(=O)O)cc1NC(=O)CCCOc1ccc(OC)cc1. The number of amides is 1. The van der Waals surface area contributed by atoms with E-state index in [1.807, 2.05) is 37.3 Å². The van der Waals surface area contributed by atoms with Crippen molar-refractivity contribution >= 4 is 17.6 Å². The van der Waals surface area contributed by atoms with Crippen molar-refractivity contribution in [2.75, 3.05) is 25.6 Å². The first-order valence-electron chi connectivity index (χ1n) is 10.1. The summed E-state index contributed by atoms with van der Waals surface area (Å²) in [6, 6.07) is 12.6. The van der Waals surface area contributed by atoms with Crippen molar-refractivity contribution in [3.8, 4) is 17.2 Å². The third-order valence-corrected chi connectivity index (χ3v) is 4.28. The summed E-state index contributed by atoms with van der Waals surface area (Å²) in [6.45, 7) is 2.95. The molecule has 0 atom stereocenters. The molecule has 0 spiro atoms. The van der Waals surface area contributed by atoms with Gasteiger partial charge in [0.15, 0.2) is 0 Å². The highest BCUT2D eigenvalue weighted by molar-refractivity contribution is 5.92. The van der Waals surface area contributed by atoms with E-state index in [4.69, 9.17) is 19.3 Å². The first-order valence-corrected chi connectivity index (χ1v) is 10.1. The Hall–Kier alpha value is -3.22. The van der Waals surface area contributed by atoms with Gasteiger partial charge in [0.25, 0.3) is 0 Å². The number of anilines is 1. The fourth-order valence-corrected chi connectivity index (χ4v) is 2.73. The number of carbonyl (C=O) groups excluding carboxylic acids is 1. The fourth-order valence-electron chi connectivity index (χ4n) is 2.73. The molecule has 2 aromatic rings. The molecule has 7 nitrogen and oxygen atoms in total. The average molecular weight is 415 g/mol. The molecule has 0 radical (unpaired) electrons. The van der Waals surface area contributed by atoms with Crippen molar-refractivity contribution in [2.24, 2.45) is 0 Å². The molecule has 0 aromatic heterocycles. The highest BCUT2D eigenvalue weighted by Gasteiger charge is 2.10. The van der Waals surface area contributed by atoms with Crippen molar-refractivity contribution in [3.63, 3.8) is 0 Å². The van der Waals surface area contributed by atoms with Crippen LogP contribution < -0.4 is 19.5 Å². The monoisotopic (exact) mass is 415 g/mol. The van der Waals surface area contributed by atoms with Crippen LogP contribution in [-0.2, 0) is 16.0 Å². The lowest BCUT2D eigenvalue weighted by molar-refractivity contribution is -0.137. The normalized spacial score (nSPS) is 10.3. The van der Waals surface area contributed by atoms with Crippen LogP contribution in [0.3, 0.4) is 0 Å². The molecule has 162 valence electrons. The smallest absolute Gasteiger partial charge is 0.303 e. The Kier molecular flexibility index (Phi) is 9.51. The molecule has 7 heteroatoms. The molecule has 2 N–H and O–H groups in total. The van der Waals surface area contributed by atoms with E-state index < -0.39 is 5.97 Å². The molecule has 0 saturated heterocycles. The minimum atomic E-state index is -0.858. The van der Waals surface area contributed by atoms with Gasteiger partial charge in [-0.05, 0) is 61.2 Å². The predicted octanol–water partition coefficient (Wildman–Crippen LogP) is 4.30. The van der Waals surface area contributed by atoms with Gasteiger partial charge in [0, 0.05) is 12.8 Å². The second-order valence-corrected chi connectivity index (χ2v) is 6.75. The van der Waals surface area contributed by atoms with Gasteiger partial charge in [-0.2, -0.15) is 0 Å². The fraction of sp³-hybridized carbons (Fsp3) is 0.391. The van der Waals surface area contributed by atoms with Crippen LogP contribution in [0.15, 0.2) is 42.5 Å². The minimum Gasteiger partial charge on any atom is -0.497 e. The van der Waals surface area contributed by atoms with Gasteiger partial charge in [0.1, 0.15) is 17.2 Å². The molecule has 30 heavy (non-hydrogen) atoms. The lowest BCUT2D eigenvalue weighted by atomic mass is 10.1. The number of benzene rings is 2. The number of aryl methyl sites for hydroxylation is 1. The Labute approximate surface area is 177 Å². The zero-order valence-electron chi connectivity index (χ0n) is 17.5. The van der Waals surface area contributed by atoms with E-state index in [-0.39, 0.29) is 12.3 Å². The molecular formula is C23H29NO6. The molecule has 0 aliphatic rings. The summed E-state index contributed by atoms with van der Waals surface area (Å²) >= 11 is 0. The first-order chi connectivity index (χ1) is 14.5. The highest BCUT2D eigenvalue weighted by atomic mass is 16.5. The molecule has 0 saturated carbocycles. The highest BCUT2D eigenvalue weighted by Crippen LogP contribution is 2.27. The number of hydrogen-bond donors (Lipinski definition) is 2. The van der Waals surface area contributed by atoms with E-state index in [0.717, 1.165) is 23.5 Å². The average Bonchev–Trinajstić information content (AvgIpc) is 2.75. The maximum atomic E-state index is 12.4. The van der Waals surface area contributed by atoms with Crippen LogP contribution in [0.4, 0.5) is 5.69 Å². The van der Waals surface area contributed by atoms with Gasteiger partial charge in [-0.25, -0.2) is 0 Å². The number of carbonyl (C=O) groups is 2. The maximum Gasteiger partial charge on any atom is 0.303 e. The second kappa shape index (κ2) is 12.4. The van der Waals surface area contributed by atoms with Crippen LogP contribution in [0.25, 0.3) is 0 Å². The molecular weight excluding hydrogens is 386 g/mol. The summed E-state index contributed by atoms with van der Waals surface area (Å²) in [5.74, 6) is 1.05. The molecule has 0 heterocycles. The molecule has 0 bridgehead atoms. The van der Waals surface area contributed by atoms with Crippen LogP contribution in [0.2, 0.25) is 0 Å². The summed E-state index contributed by atoms with van der Waals surface area (Å²) in [4.78, 5) is 23.2. The number of rotatable bonds is 13. The molecule has 1 amide bonds. The van der Waals surface area contributed by atoms with Gasteiger partial charge in [0.2, 0.25) is 5.91 Å². The van der Waals surface area contributed by atoms with Crippen molar-refractivity contribution in [1.29, 1.82) is 0 Å². The van der Waals surface area contributed by atoms with Gasteiger partial charge in [-0.15, -0.1) is 0 Å². The Morgan fingerprint density at radius 1 is 0.967 bits per heavy atom. The molecule has 2 rings (SSSR count). The van der Waals surface area contributed by atoms with Gasteiger partial charge in [-0.3, -0.25) is 9.59 Å². The first kappa shape index (κ1) is 23.1. The summed E-state index contributed by atoms with van der Waals surface area (Å²) in [7, 11) is 1.61. The number of carboxylic acids is 1. The summed E-state index contributed by atoms with van der Waals surface area (Å²) < 4.78 is 16.4. The van der Waals surface area contributed by atoms with Gasteiger partial charge in [0.05, 0.1) is 26.0 Å². The van der Waals surface area contributed by atoms with Crippen LogP contribution in [-0.4, -0.2) is 37.3 Å². The van der Waals surface area contributed by atoms with Crippen molar-refractivity contribution in [2.45, 2.75) is 39.0 Å². The zero-order valence-corrected chi connectivity index (χ0v) is 17.5. The number of nitrogens with one attached hydrogen (secondary N) is 1. The molecule has 2 aromatic carbocycles. The lowest BCUT2D eigenvalue weighted by Crippen LogP contribution is -2.14. The topological polar surface area (TPSA) is 94.1 Å². The van der Waals surface area contributed by atoms with Crippen molar-refractivity contribution < 1.29 is 28.9 Å². The van der Waals surface area contributed by atoms with Crippen molar-refractivity contribution in [1.82, 2.24) is 0 Å². The second-order valence-electron chi connectivity index (χ2n) is 6.75. The van der Waals surface area contributed by atoms with E-state index in [2.05, 4.69) is 5.32 Å². The van der Waals surface area contributed by atoms with E-state index in [1.54, 1.807) is 19.2 Å². The van der Waals surface area contributed by atoms with E-state index in [0.29, 0.717) is 43.9 Å². The van der Waals surface area contributed by atoms with Crippen LogP contribution >= 0.6 is 0 Å². The number of methoxy groups -OCH3 is 1. The maximum absolute atomic E-state index is 12.4. The van der Waals surface area contributed by atoms with E-state index in [9.17, 15) is 9.59 Å². The number of hydrogen-bond acceptors (Lipinski definition) is 5. The third-order valence-electron chi connectivity index (χ3n) is 4.28. The van der Waals surface area contributed by atoms with Crippen LogP contribution in [0.1, 0.15) is 38.2 Å². The Bertz CT molecular complexity index is 819. The largest absolute Gasteiger partial charge is 0.497 e. The minimum absolute atomic E-state index is 0.0330. The third kappa shape index (κ3) is 8.03. The molecule has 0 fully saturated rings. The van der Waals surface area contributed by atoms with Crippen LogP contribution in [0, 0.1) is 0 Å². The number of aliphatic carboxylic acids is 1. The summed E-state index contributed by atoms with van der Waals surface area (Å²) in [5, 5.41) is 11.8. The van der Waals surface area contributed by atoms with Gasteiger partial charge in [-0.1, -0.05) is 13.0 Å². The van der Waals surface area contributed by atoms with Gasteiger partial charge >= 0.3 is 5.97 Å². The predicted molar refractivity (Wildman–Crippen MR) is 115 cm³/mol. The number of ether oxygens (including phenoxy) is 3. The molecule has 0 unspecified atom stereocenters. The quantitative estimate of drug-likeness (QED) is 0.474. The van der Waals surface area contributed by atoms with E-state index >= 15 is 0 Å². The Morgan fingerprint density at radius 2 is 1.70 bits per heavy atom. The Morgan fingerprint density at radius 3 is 2.37 bits per heavy atom. The standard InChI is InChI=1S/C23H29NO6/c1-3-14-30-21-12-6-17(7-13-23(26)27)16-20(21)24-22(25)5-4-15-29-19-10-8-18(28-2)9-11-19/h6,8-12,16H,3-5,7,13-15H2,1-2H3,(H,24,25)(H,26,27). The lowest BCUT2D eigenvalue weighted by Gasteiger charge is -2.14.